The Kier molecular flexibility index (Phi) is 3.68. The van der Waals surface area contributed by atoms with Gasteiger partial charge in [0.15, 0.2) is 0 Å². The second kappa shape index (κ2) is 5.13. The Balaban J connectivity index is 1.62. The topological polar surface area (TPSA) is 15.3 Å². The lowest BCUT2D eigenvalue weighted by atomic mass is 9.82. The van der Waals surface area contributed by atoms with Crippen LogP contribution in [-0.4, -0.2) is 36.6 Å². The number of rotatable bonds is 4. The highest BCUT2D eigenvalue weighted by atomic mass is 15.2. The predicted octanol–water partition coefficient (Wildman–Crippen LogP) is 3.03. The van der Waals surface area contributed by atoms with E-state index in [4.69, 9.17) is 0 Å². The molecule has 2 heteroatoms. The number of nitrogens with one attached hydrogen (secondary N) is 1. The van der Waals surface area contributed by atoms with Gasteiger partial charge in [-0.25, -0.2) is 0 Å². The van der Waals surface area contributed by atoms with E-state index in [1.807, 2.05) is 0 Å². The molecule has 0 radical (unpaired) electrons. The van der Waals surface area contributed by atoms with Gasteiger partial charge in [-0.15, -0.1) is 0 Å². The molecule has 1 aliphatic heterocycles. The molecule has 0 aromatic carbocycles. The van der Waals surface area contributed by atoms with E-state index in [-0.39, 0.29) is 0 Å². The fourth-order valence-electron chi connectivity index (χ4n) is 4.16. The van der Waals surface area contributed by atoms with Gasteiger partial charge < -0.3 is 5.32 Å². The van der Waals surface area contributed by atoms with E-state index >= 15 is 0 Å². The largest absolute Gasteiger partial charge is 0.311 e. The second-order valence-electron chi connectivity index (χ2n) is 7.19. The minimum Gasteiger partial charge on any atom is -0.311 e. The van der Waals surface area contributed by atoms with Gasteiger partial charge in [0.05, 0.1) is 0 Å². The number of nitrogens with zero attached hydrogens (tertiary/aromatic N) is 1. The maximum Gasteiger partial charge on any atom is 0.0224 e. The summed E-state index contributed by atoms with van der Waals surface area (Å²) in [5.74, 6) is 1.00. The predicted molar refractivity (Wildman–Crippen MR) is 76.7 cm³/mol. The molecule has 1 saturated heterocycles. The highest BCUT2D eigenvalue weighted by Gasteiger charge is 2.40. The molecule has 18 heavy (non-hydrogen) atoms. The summed E-state index contributed by atoms with van der Waals surface area (Å²) in [6.45, 7) is 8.72. The molecule has 0 aromatic heterocycles. The van der Waals surface area contributed by atoms with Gasteiger partial charge in [-0.05, 0) is 50.4 Å². The van der Waals surface area contributed by atoms with Crippen LogP contribution in [0.3, 0.4) is 0 Å². The SMILES string of the molecule is CCC1(CN2CC(C3CC3)NCC2C)CCCC1. The number of piperazine rings is 1. The van der Waals surface area contributed by atoms with Crippen molar-refractivity contribution in [3.63, 3.8) is 0 Å². The van der Waals surface area contributed by atoms with Crippen LogP contribution >= 0.6 is 0 Å². The van der Waals surface area contributed by atoms with E-state index < -0.39 is 0 Å². The van der Waals surface area contributed by atoms with Crippen molar-refractivity contribution >= 4 is 0 Å². The zero-order chi connectivity index (χ0) is 12.6. The monoisotopic (exact) mass is 250 g/mol. The third kappa shape index (κ3) is 2.60. The van der Waals surface area contributed by atoms with Crippen LogP contribution in [0.15, 0.2) is 0 Å². The smallest absolute Gasteiger partial charge is 0.0224 e. The zero-order valence-electron chi connectivity index (χ0n) is 12.3. The fourth-order valence-corrected chi connectivity index (χ4v) is 4.16. The van der Waals surface area contributed by atoms with Crippen molar-refractivity contribution in [2.75, 3.05) is 19.6 Å². The van der Waals surface area contributed by atoms with Crippen molar-refractivity contribution in [2.45, 2.75) is 70.9 Å². The minimum absolute atomic E-state index is 0.666. The summed E-state index contributed by atoms with van der Waals surface area (Å²) in [7, 11) is 0. The van der Waals surface area contributed by atoms with Crippen LogP contribution in [0.5, 0.6) is 0 Å². The number of hydrogen-bond acceptors (Lipinski definition) is 2. The Morgan fingerprint density at radius 3 is 2.56 bits per heavy atom. The maximum absolute atomic E-state index is 3.77. The van der Waals surface area contributed by atoms with E-state index in [9.17, 15) is 0 Å². The fraction of sp³-hybridized carbons (Fsp3) is 1.00. The lowest BCUT2D eigenvalue weighted by Crippen LogP contribution is -2.58. The molecule has 1 heterocycles. The van der Waals surface area contributed by atoms with Crippen molar-refractivity contribution in [3.8, 4) is 0 Å². The summed E-state index contributed by atoms with van der Waals surface area (Å²) in [5, 5.41) is 3.77. The molecule has 2 aliphatic carbocycles. The molecule has 3 rings (SSSR count). The summed E-state index contributed by atoms with van der Waals surface area (Å²) >= 11 is 0. The third-order valence-corrected chi connectivity index (χ3v) is 5.87. The summed E-state index contributed by atoms with van der Waals surface area (Å²) in [6.07, 6.45) is 10.2. The van der Waals surface area contributed by atoms with Gasteiger partial charge >= 0.3 is 0 Å². The highest BCUT2D eigenvalue weighted by molar-refractivity contribution is 4.96. The van der Waals surface area contributed by atoms with Crippen molar-refractivity contribution in [3.05, 3.63) is 0 Å². The van der Waals surface area contributed by atoms with Gasteiger partial charge in [-0.1, -0.05) is 19.8 Å². The molecule has 3 aliphatic rings. The van der Waals surface area contributed by atoms with Gasteiger partial charge in [-0.3, -0.25) is 4.90 Å². The van der Waals surface area contributed by atoms with Crippen molar-refractivity contribution in [1.29, 1.82) is 0 Å². The van der Waals surface area contributed by atoms with Gasteiger partial charge in [0, 0.05) is 31.7 Å². The molecule has 0 aromatic rings. The van der Waals surface area contributed by atoms with Crippen molar-refractivity contribution < 1.29 is 0 Å². The lowest BCUT2D eigenvalue weighted by Gasteiger charge is -2.43. The molecule has 2 nitrogen and oxygen atoms in total. The van der Waals surface area contributed by atoms with Gasteiger partial charge in [-0.2, -0.15) is 0 Å². The first-order valence-electron chi connectivity index (χ1n) is 8.20. The molecule has 2 atom stereocenters. The quantitative estimate of drug-likeness (QED) is 0.825. The van der Waals surface area contributed by atoms with Gasteiger partial charge in [0.25, 0.3) is 0 Å². The Bertz CT molecular complexity index is 279. The molecule has 3 fully saturated rings. The minimum atomic E-state index is 0.666. The molecule has 1 N–H and O–H groups in total. The van der Waals surface area contributed by atoms with Crippen LogP contribution in [0.25, 0.3) is 0 Å². The normalized spacial score (nSPS) is 37.0. The average molecular weight is 250 g/mol. The first kappa shape index (κ1) is 12.9. The highest BCUT2D eigenvalue weighted by Crippen LogP contribution is 2.42. The third-order valence-electron chi connectivity index (χ3n) is 5.87. The Morgan fingerprint density at radius 2 is 1.94 bits per heavy atom. The van der Waals surface area contributed by atoms with E-state index in [2.05, 4.69) is 24.1 Å². The molecular weight excluding hydrogens is 220 g/mol. The molecule has 2 unspecified atom stereocenters. The summed E-state index contributed by atoms with van der Waals surface area (Å²) < 4.78 is 0. The second-order valence-corrected chi connectivity index (χ2v) is 7.19. The van der Waals surface area contributed by atoms with Crippen LogP contribution in [0.4, 0.5) is 0 Å². The van der Waals surface area contributed by atoms with Gasteiger partial charge in [0.2, 0.25) is 0 Å². The maximum atomic E-state index is 3.77. The summed E-state index contributed by atoms with van der Waals surface area (Å²) in [5.41, 5.74) is 0.666. The first-order valence-corrected chi connectivity index (χ1v) is 8.20. The van der Waals surface area contributed by atoms with Crippen molar-refractivity contribution in [2.24, 2.45) is 11.3 Å². The van der Waals surface area contributed by atoms with Crippen LogP contribution in [-0.2, 0) is 0 Å². The summed E-state index contributed by atoms with van der Waals surface area (Å²) in [6, 6.07) is 1.54. The standard InChI is InChI=1S/C16H30N2/c1-3-16(8-4-5-9-16)12-18-11-15(14-6-7-14)17-10-13(18)2/h13-15,17H,3-12H2,1-2H3. The van der Waals surface area contributed by atoms with E-state index in [1.165, 1.54) is 64.6 Å². The van der Waals surface area contributed by atoms with Crippen LogP contribution in [0, 0.1) is 11.3 Å². The van der Waals surface area contributed by atoms with E-state index in [0.717, 1.165) is 18.0 Å². The lowest BCUT2D eigenvalue weighted by molar-refractivity contribution is 0.0724. The Hall–Kier alpha value is -0.0800. The molecule has 2 saturated carbocycles. The van der Waals surface area contributed by atoms with Crippen LogP contribution in [0.2, 0.25) is 0 Å². The molecule has 0 amide bonds. The number of hydrogen-bond donors (Lipinski definition) is 1. The zero-order valence-corrected chi connectivity index (χ0v) is 12.3. The average Bonchev–Trinajstić information content (AvgIpc) is 3.13. The first-order chi connectivity index (χ1) is 8.72. The molecule has 104 valence electrons. The van der Waals surface area contributed by atoms with Crippen molar-refractivity contribution in [1.82, 2.24) is 10.2 Å². The molecule has 0 spiro atoms. The van der Waals surface area contributed by atoms with E-state index in [1.54, 1.807) is 0 Å². The Labute approximate surface area is 113 Å². The molecule has 0 bridgehead atoms. The van der Waals surface area contributed by atoms with Crippen LogP contribution < -0.4 is 5.32 Å². The summed E-state index contributed by atoms with van der Waals surface area (Å²) in [4.78, 5) is 2.81. The Morgan fingerprint density at radius 1 is 1.22 bits per heavy atom. The molecular formula is C16H30N2. The van der Waals surface area contributed by atoms with Gasteiger partial charge in [0.1, 0.15) is 0 Å². The van der Waals surface area contributed by atoms with Crippen LogP contribution in [0.1, 0.15) is 58.8 Å². The van der Waals surface area contributed by atoms with E-state index in [0.29, 0.717) is 5.41 Å².